The molecule has 0 aliphatic rings. The lowest BCUT2D eigenvalue weighted by molar-refractivity contribution is 0.0695. The third kappa shape index (κ3) is 2.03. The number of rotatable bonds is 2. The molecule has 0 saturated carbocycles. The van der Waals surface area contributed by atoms with E-state index in [9.17, 15) is 13.6 Å². The standard InChI is InChI=1S/C8H5BrF2O2/c9-3-4-1-6(10)7(11)2-5(4)8(12)13/h1-2H,3H2,(H,12,13). The van der Waals surface area contributed by atoms with Crippen molar-refractivity contribution in [2.75, 3.05) is 0 Å². The molecular formula is C8H5BrF2O2. The van der Waals surface area contributed by atoms with E-state index in [0.717, 1.165) is 6.07 Å². The largest absolute Gasteiger partial charge is 0.478 e. The van der Waals surface area contributed by atoms with Gasteiger partial charge in [0.15, 0.2) is 11.6 Å². The molecule has 1 rings (SSSR count). The second-order valence-corrected chi connectivity index (χ2v) is 2.92. The molecule has 0 aromatic heterocycles. The molecule has 0 bridgehead atoms. The summed E-state index contributed by atoms with van der Waals surface area (Å²) in [7, 11) is 0. The zero-order valence-corrected chi connectivity index (χ0v) is 7.94. The van der Waals surface area contributed by atoms with Crippen LogP contribution < -0.4 is 0 Å². The minimum atomic E-state index is -1.27. The molecule has 0 unspecified atom stereocenters. The van der Waals surface area contributed by atoms with Crippen LogP contribution in [0.3, 0.4) is 0 Å². The van der Waals surface area contributed by atoms with Crippen LogP contribution in [0.5, 0.6) is 0 Å². The number of halogens is 3. The number of hydrogen-bond acceptors (Lipinski definition) is 1. The van der Waals surface area contributed by atoms with Crippen molar-refractivity contribution in [3.63, 3.8) is 0 Å². The lowest BCUT2D eigenvalue weighted by Gasteiger charge is -2.02. The van der Waals surface area contributed by atoms with Crippen LogP contribution in [0.1, 0.15) is 15.9 Å². The summed E-state index contributed by atoms with van der Waals surface area (Å²) in [6, 6.07) is 1.54. The smallest absolute Gasteiger partial charge is 0.336 e. The van der Waals surface area contributed by atoms with Crippen molar-refractivity contribution in [1.29, 1.82) is 0 Å². The lowest BCUT2D eigenvalue weighted by atomic mass is 10.1. The van der Waals surface area contributed by atoms with E-state index in [4.69, 9.17) is 5.11 Å². The van der Waals surface area contributed by atoms with Gasteiger partial charge in [-0.2, -0.15) is 0 Å². The number of carboxylic acids is 1. The van der Waals surface area contributed by atoms with Crippen LogP contribution in [0, 0.1) is 11.6 Å². The van der Waals surface area contributed by atoms with Crippen LogP contribution in [0.25, 0.3) is 0 Å². The summed E-state index contributed by atoms with van der Waals surface area (Å²) in [5, 5.41) is 8.77. The Balaban J connectivity index is 3.33. The van der Waals surface area contributed by atoms with Gasteiger partial charge in [0, 0.05) is 5.33 Å². The van der Waals surface area contributed by atoms with E-state index in [1.165, 1.54) is 0 Å². The van der Waals surface area contributed by atoms with Gasteiger partial charge < -0.3 is 5.11 Å². The highest BCUT2D eigenvalue weighted by Gasteiger charge is 2.13. The van der Waals surface area contributed by atoms with Gasteiger partial charge in [-0.05, 0) is 17.7 Å². The summed E-state index contributed by atoms with van der Waals surface area (Å²) in [6.45, 7) is 0. The SMILES string of the molecule is O=C(O)c1cc(F)c(F)cc1CBr. The molecule has 0 amide bonds. The molecule has 0 aliphatic carbocycles. The van der Waals surface area contributed by atoms with Gasteiger partial charge in [-0.25, -0.2) is 13.6 Å². The third-order valence-electron chi connectivity index (χ3n) is 1.52. The third-order valence-corrected chi connectivity index (χ3v) is 2.12. The lowest BCUT2D eigenvalue weighted by Crippen LogP contribution is -2.03. The monoisotopic (exact) mass is 250 g/mol. The van der Waals surface area contributed by atoms with Gasteiger partial charge in [0.25, 0.3) is 0 Å². The van der Waals surface area contributed by atoms with Crippen molar-refractivity contribution < 1.29 is 18.7 Å². The van der Waals surface area contributed by atoms with Crippen LogP contribution >= 0.6 is 15.9 Å². The number of aromatic carboxylic acids is 1. The molecule has 1 aromatic rings. The van der Waals surface area contributed by atoms with Gasteiger partial charge in [0.2, 0.25) is 0 Å². The Hall–Kier alpha value is -0.970. The molecule has 0 heterocycles. The molecule has 1 aromatic carbocycles. The van der Waals surface area contributed by atoms with Crippen LogP contribution in [-0.2, 0) is 5.33 Å². The van der Waals surface area contributed by atoms with E-state index in [1.807, 2.05) is 0 Å². The Bertz CT molecular complexity index is 352. The zero-order chi connectivity index (χ0) is 10.0. The van der Waals surface area contributed by atoms with E-state index >= 15 is 0 Å². The maximum absolute atomic E-state index is 12.6. The van der Waals surface area contributed by atoms with Crippen LogP contribution in [-0.4, -0.2) is 11.1 Å². The fourth-order valence-electron chi connectivity index (χ4n) is 0.898. The number of carboxylic acid groups (broad SMARTS) is 1. The average molecular weight is 251 g/mol. The molecule has 0 spiro atoms. The molecule has 13 heavy (non-hydrogen) atoms. The first-order valence-corrected chi connectivity index (χ1v) is 4.45. The first-order valence-electron chi connectivity index (χ1n) is 3.33. The van der Waals surface area contributed by atoms with E-state index in [0.29, 0.717) is 6.07 Å². The fraction of sp³-hybridized carbons (Fsp3) is 0.125. The molecule has 5 heteroatoms. The van der Waals surface area contributed by atoms with Crippen molar-refractivity contribution in [2.45, 2.75) is 5.33 Å². The summed E-state index contributed by atoms with van der Waals surface area (Å²) in [5.74, 6) is -3.46. The Labute approximate surface area is 81.3 Å². The predicted octanol–water partition coefficient (Wildman–Crippen LogP) is 2.56. The Morgan fingerprint density at radius 3 is 2.38 bits per heavy atom. The summed E-state index contributed by atoms with van der Waals surface area (Å²) in [5.41, 5.74) is -0.0119. The molecule has 0 atom stereocenters. The molecule has 1 N–H and O–H groups in total. The maximum Gasteiger partial charge on any atom is 0.336 e. The predicted molar refractivity (Wildman–Crippen MR) is 45.9 cm³/mol. The van der Waals surface area contributed by atoms with Crippen molar-refractivity contribution in [2.24, 2.45) is 0 Å². The van der Waals surface area contributed by atoms with Gasteiger partial charge >= 0.3 is 5.97 Å². The number of hydrogen-bond donors (Lipinski definition) is 1. The van der Waals surface area contributed by atoms with E-state index in [1.54, 1.807) is 0 Å². The van der Waals surface area contributed by atoms with Crippen molar-refractivity contribution in [1.82, 2.24) is 0 Å². The first-order chi connectivity index (χ1) is 6.06. The number of benzene rings is 1. The zero-order valence-electron chi connectivity index (χ0n) is 6.35. The first kappa shape index (κ1) is 10.1. The molecule has 2 nitrogen and oxygen atoms in total. The minimum absolute atomic E-state index is 0.172. The quantitative estimate of drug-likeness (QED) is 0.820. The molecule has 70 valence electrons. The highest BCUT2D eigenvalue weighted by molar-refractivity contribution is 9.08. The van der Waals surface area contributed by atoms with Crippen LogP contribution in [0.2, 0.25) is 0 Å². The highest BCUT2D eigenvalue weighted by atomic mass is 79.9. The fourth-order valence-corrected chi connectivity index (χ4v) is 1.36. The molecule has 0 fully saturated rings. The van der Waals surface area contributed by atoms with Crippen molar-refractivity contribution in [3.8, 4) is 0 Å². The van der Waals surface area contributed by atoms with Gasteiger partial charge in [-0.1, -0.05) is 15.9 Å². The van der Waals surface area contributed by atoms with Gasteiger partial charge in [0.1, 0.15) is 0 Å². The van der Waals surface area contributed by atoms with Gasteiger partial charge in [-0.15, -0.1) is 0 Å². The molecule has 0 radical (unpaired) electrons. The molecule has 0 saturated heterocycles. The second kappa shape index (κ2) is 3.83. The summed E-state index contributed by atoms with van der Waals surface area (Å²) in [6.07, 6.45) is 0. The average Bonchev–Trinajstić information content (AvgIpc) is 2.08. The Morgan fingerprint density at radius 2 is 1.92 bits per heavy atom. The summed E-state index contributed by atoms with van der Waals surface area (Å²) in [4.78, 5) is 10.5. The minimum Gasteiger partial charge on any atom is -0.478 e. The van der Waals surface area contributed by atoms with E-state index < -0.39 is 17.6 Å². The van der Waals surface area contributed by atoms with Crippen LogP contribution in [0.15, 0.2) is 12.1 Å². The normalized spacial score (nSPS) is 10.1. The second-order valence-electron chi connectivity index (χ2n) is 2.36. The van der Waals surface area contributed by atoms with Gasteiger partial charge in [-0.3, -0.25) is 0 Å². The van der Waals surface area contributed by atoms with Crippen LogP contribution in [0.4, 0.5) is 8.78 Å². The number of carbonyl (C=O) groups is 1. The van der Waals surface area contributed by atoms with E-state index in [2.05, 4.69) is 15.9 Å². The van der Waals surface area contributed by atoms with Crippen molar-refractivity contribution >= 4 is 21.9 Å². The van der Waals surface area contributed by atoms with Gasteiger partial charge in [0.05, 0.1) is 5.56 Å². The molecule has 0 aliphatic heterocycles. The topological polar surface area (TPSA) is 37.3 Å². The Kier molecular flexibility index (Phi) is 2.98. The molecular weight excluding hydrogens is 246 g/mol. The highest BCUT2D eigenvalue weighted by Crippen LogP contribution is 2.17. The van der Waals surface area contributed by atoms with Crippen molar-refractivity contribution in [3.05, 3.63) is 34.9 Å². The Morgan fingerprint density at radius 1 is 1.38 bits per heavy atom. The number of alkyl halides is 1. The van der Waals surface area contributed by atoms with E-state index in [-0.39, 0.29) is 16.5 Å². The maximum atomic E-state index is 12.6. The summed E-state index contributed by atoms with van der Waals surface area (Å²) >= 11 is 2.98. The summed E-state index contributed by atoms with van der Waals surface area (Å²) < 4.78 is 25.2.